The van der Waals surface area contributed by atoms with Gasteiger partial charge < -0.3 is 0 Å². The van der Waals surface area contributed by atoms with Crippen molar-refractivity contribution in [2.45, 2.75) is 26.3 Å². The van der Waals surface area contributed by atoms with Crippen LogP contribution in [0.25, 0.3) is 0 Å². The first-order valence-electron chi connectivity index (χ1n) is 5.34. The fourth-order valence-corrected chi connectivity index (χ4v) is 2.84. The molecule has 3 nitrogen and oxygen atoms in total. The Labute approximate surface area is 108 Å². The third kappa shape index (κ3) is 2.92. The van der Waals surface area contributed by atoms with Crippen LogP contribution in [0.4, 0.5) is 0 Å². The monoisotopic (exact) mass is 299 g/mol. The van der Waals surface area contributed by atoms with Crippen LogP contribution < -0.4 is 0 Å². The molecule has 2 heterocycles. The number of alkyl halides is 1. The van der Waals surface area contributed by atoms with Gasteiger partial charge in [0.25, 0.3) is 0 Å². The lowest BCUT2D eigenvalue weighted by Gasteiger charge is -1.95. The van der Waals surface area contributed by atoms with E-state index < -0.39 is 0 Å². The fraction of sp³-hybridized carbons (Fsp3) is 0.455. The maximum absolute atomic E-state index is 4.12. The Kier molecular flexibility index (Phi) is 4.12. The predicted molar refractivity (Wildman–Crippen MR) is 70.3 cm³/mol. The Morgan fingerprint density at radius 1 is 1.38 bits per heavy atom. The second-order valence-electron chi connectivity index (χ2n) is 3.57. The van der Waals surface area contributed by atoms with Crippen molar-refractivity contribution in [2.24, 2.45) is 0 Å². The number of halogens is 1. The molecule has 0 atom stereocenters. The Balaban J connectivity index is 2.02. The summed E-state index contributed by atoms with van der Waals surface area (Å²) in [6.45, 7) is 3.01. The Morgan fingerprint density at radius 2 is 2.19 bits per heavy atom. The molecule has 0 aliphatic heterocycles. The summed E-state index contributed by atoms with van der Waals surface area (Å²) in [5, 5.41) is 9.17. The van der Waals surface area contributed by atoms with E-state index in [1.807, 2.05) is 22.2 Å². The van der Waals surface area contributed by atoms with Crippen molar-refractivity contribution in [1.29, 1.82) is 0 Å². The largest absolute Gasteiger partial charge is 0.247 e. The van der Waals surface area contributed by atoms with Gasteiger partial charge in [0.2, 0.25) is 0 Å². The van der Waals surface area contributed by atoms with Crippen molar-refractivity contribution in [2.75, 3.05) is 5.33 Å². The van der Waals surface area contributed by atoms with Crippen molar-refractivity contribution in [1.82, 2.24) is 15.0 Å². The SMILES string of the molecule is CCc1ccc(Cn2cc(CCBr)nn2)s1. The van der Waals surface area contributed by atoms with Gasteiger partial charge in [-0.1, -0.05) is 28.1 Å². The van der Waals surface area contributed by atoms with Gasteiger partial charge in [-0.2, -0.15) is 0 Å². The van der Waals surface area contributed by atoms with E-state index >= 15 is 0 Å². The lowest BCUT2D eigenvalue weighted by molar-refractivity contribution is 0.655. The van der Waals surface area contributed by atoms with Crippen molar-refractivity contribution in [3.05, 3.63) is 33.8 Å². The van der Waals surface area contributed by atoms with E-state index in [-0.39, 0.29) is 0 Å². The molecule has 0 amide bonds. The quantitative estimate of drug-likeness (QED) is 0.795. The lowest BCUT2D eigenvalue weighted by atomic mass is 10.3. The van der Waals surface area contributed by atoms with Crippen LogP contribution in [0.2, 0.25) is 0 Å². The molecular weight excluding hydrogens is 286 g/mol. The van der Waals surface area contributed by atoms with Crippen LogP contribution in [-0.4, -0.2) is 20.3 Å². The molecule has 0 aliphatic carbocycles. The highest BCUT2D eigenvalue weighted by Gasteiger charge is 2.03. The number of aryl methyl sites for hydroxylation is 2. The number of rotatable bonds is 5. The summed E-state index contributed by atoms with van der Waals surface area (Å²) < 4.78 is 1.91. The van der Waals surface area contributed by atoms with Crippen LogP contribution in [0.15, 0.2) is 18.3 Å². The van der Waals surface area contributed by atoms with E-state index in [1.54, 1.807) is 0 Å². The summed E-state index contributed by atoms with van der Waals surface area (Å²) in [4.78, 5) is 2.77. The molecule has 2 rings (SSSR count). The van der Waals surface area contributed by atoms with E-state index in [0.717, 1.165) is 30.4 Å². The zero-order valence-corrected chi connectivity index (χ0v) is 11.6. The highest BCUT2D eigenvalue weighted by atomic mass is 79.9. The smallest absolute Gasteiger partial charge is 0.0835 e. The van der Waals surface area contributed by atoms with E-state index in [9.17, 15) is 0 Å². The normalized spacial score (nSPS) is 10.9. The molecule has 0 aromatic carbocycles. The van der Waals surface area contributed by atoms with Gasteiger partial charge >= 0.3 is 0 Å². The molecule has 0 bridgehead atoms. The number of hydrogen-bond donors (Lipinski definition) is 0. The summed E-state index contributed by atoms with van der Waals surface area (Å²) in [6.07, 6.45) is 4.06. The number of nitrogens with zero attached hydrogens (tertiary/aromatic N) is 3. The molecule has 2 aromatic heterocycles. The van der Waals surface area contributed by atoms with Crippen molar-refractivity contribution < 1.29 is 0 Å². The van der Waals surface area contributed by atoms with E-state index in [1.165, 1.54) is 9.75 Å². The van der Waals surface area contributed by atoms with E-state index in [2.05, 4.69) is 45.3 Å². The molecule has 2 aromatic rings. The Morgan fingerprint density at radius 3 is 2.88 bits per heavy atom. The van der Waals surface area contributed by atoms with Crippen molar-refractivity contribution >= 4 is 27.3 Å². The molecule has 16 heavy (non-hydrogen) atoms. The van der Waals surface area contributed by atoms with Gasteiger partial charge in [0.05, 0.1) is 12.2 Å². The second kappa shape index (κ2) is 5.59. The summed E-state index contributed by atoms with van der Waals surface area (Å²) in [6, 6.07) is 4.37. The second-order valence-corrected chi connectivity index (χ2v) is 5.61. The third-order valence-corrected chi connectivity index (χ3v) is 3.93. The molecule has 0 saturated carbocycles. The van der Waals surface area contributed by atoms with Gasteiger partial charge in [-0.15, -0.1) is 16.4 Å². The molecule has 0 unspecified atom stereocenters. The molecule has 0 saturated heterocycles. The zero-order chi connectivity index (χ0) is 11.4. The van der Waals surface area contributed by atoms with Crippen LogP contribution in [0, 0.1) is 0 Å². The Hall–Kier alpha value is -0.680. The minimum Gasteiger partial charge on any atom is -0.247 e. The predicted octanol–water partition coefficient (Wildman–Crippen LogP) is 2.89. The fourth-order valence-electron chi connectivity index (χ4n) is 1.48. The minimum atomic E-state index is 0.833. The maximum atomic E-state index is 4.12. The number of thiophene rings is 1. The van der Waals surface area contributed by atoms with Crippen molar-refractivity contribution in [3.63, 3.8) is 0 Å². The van der Waals surface area contributed by atoms with Crippen LogP contribution in [0.3, 0.4) is 0 Å². The van der Waals surface area contributed by atoms with Gasteiger partial charge in [-0.25, -0.2) is 4.68 Å². The summed E-state index contributed by atoms with van der Waals surface area (Å²) >= 11 is 5.25. The molecule has 0 fully saturated rings. The van der Waals surface area contributed by atoms with Gasteiger partial charge in [0.15, 0.2) is 0 Å². The molecule has 0 spiro atoms. The third-order valence-electron chi connectivity index (χ3n) is 2.32. The van der Waals surface area contributed by atoms with Crippen LogP contribution in [0.1, 0.15) is 22.4 Å². The first-order chi connectivity index (χ1) is 7.81. The van der Waals surface area contributed by atoms with E-state index in [4.69, 9.17) is 0 Å². The van der Waals surface area contributed by atoms with E-state index in [0.29, 0.717) is 0 Å². The highest BCUT2D eigenvalue weighted by molar-refractivity contribution is 9.09. The maximum Gasteiger partial charge on any atom is 0.0835 e. The summed E-state index contributed by atoms with van der Waals surface area (Å²) in [5.74, 6) is 0. The van der Waals surface area contributed by atoms with Crippen LogP contribution >= 0.6 is 27.3 Å². The Bertz CT molecular complexity index is 450. The molecule has 5 heteroatoms. The van der Waals surface area contributed by atoms with Gasteiger partial charge in [0, 0.05) is 27.7 Å². The first kappa shape index (κ1) is 11.8. The van der Waals surface area contributed by atoms with Crippen molar-refractivity contribution in [3.8, 4) is 0 Å². The molecular formula is C11H14BrN3S. The first-order valence-corrected chi connectivity index (χ1v) is 7.28. The average Bonchev–Trinajstić information content (AvgIpc) is 2.89. The summed E-state index contributed by atoms with van der Waals surface area (Å²) in [5.41, 5.74) is 1.05. The number of aromatic nitrogens is 3. The molecule has 0 radical (unpaired) electrons. The van der Waals surface area contributed by atoms with Crippen LogP contribution in [-0.2, 0) is 19.4 Å². The summed E-state index contributed by atoms with van der Waals surface area (Å²) in [7, 11) is 0. The standard InChI is InChI=1S/C11H14BrN3S/c1-2-10-3-4-11(16-10)8-15-7-9(5-6-12)13-14-15/h3-4,7H,2,5-6,8H2,1H3. The minimum absolute atomic E-state index is 0.833. The van der Waals surface area contributed by atoms with Gasteiger partial charge in [0.1, 0.15) is 0 Å². The van der Waals surface area contributed by atoms with Gasteiger partial charge in [-0.05, 0) is 18.6 Å². The van der Waals surface area contributed by atoms with Gasteiger partial charge in [-0.3, -0.25) is 0 Å². The highest BCUT2D eigenvalue weighted by Crippen LogP contribution is 2.17. The lowest BCUT2D eigenvalue weighted by Crippen LogP contribution is -1.98. The molecule has 86 valence electrons. The molecule has 0 N–H and O–H groups in total. The molecule has 0 aliphatic rings. The van der Waals surface area contributed by atoms with Crippen LogP contribution in [0.5, 0.6) is 0 Å². The average molecular weight is 300 g/mol. The number of hydrogen-bond acceptors (Lipinski definition) is 3. The zero-order valence-electron chi connectivity index (χ0n) is 9.19. The topological polar surface area (TPSA) is 30.7 Å².